The van der Waals surface area contributed by atoms with E-state index in [4.69, 9.17) is 14.2 Å². The molecule has 0 radical (unpaired) electrons. The van der Waals surface area contributed by atoms with Gasteiger partial charge in [0, 0.05) is 39.0 Å². The molecular formula is C20H29N3O3. The van der Waals surface area contributed by atoms with E-state index >= 15 is 0 Å². The minimum absolute atomic E-state index is 0.313. The van der Waals surface area contributed by atoms with Gasteiger partial charge in [-0.2, -0.15) is 0 Å². The third-order valence-electron chi connectivity index (χ3n) is 4.86. The van der Waals surface area contributed by atoms with Crippen molar-refractivity contribution < 1.29 is 14.2 Å². The molecule has 6 nitrogen and oxygen atoms in total. The molecule has 1 aliphatic heterocycles. The summed E-state index contributed by atoms with van der Waals surface area (Å²) in [7, 11) is 3.33. The molecule has 0 bridgehead atoms. The third-order valence-corrected chi connectivity index (χ3v) is 4.86. The van der Waals surface area contributed by atoms with Crippen LogP contribution in [0.2, 0.25) is 0 Å². The van der Waals surface area contributed by atoms with Crippen LogP contribution in [0.25, 0.3) is 0 Å². The molecule has 0 N–H and O–H groups in total. The highest BCUT2D eigenvalue weighted by Crippen LogP contribution is 2.28. The van der Waals surface area contributed by atoms with Gasteiger partial charge in [0.25, 0.3) is 0 Å². The topological polar surface area (TPSA) is 48.8 Å². The summed E-state index contributed by atoms with van der Waals surface area (Å²) in [6, 6.07) is 6.12. The van der Waals surface area contributed by atoms with Gasteiger partial charge in [-0.1, -0.05) is 6.07 Å². The number of methoxy groups -OCH3 is 2. The summed E-state index contributed by atoms with van der Waals surface area (Å²) in [4.78, 5) is 6.73. The molecule has 1 aliphatic rings. The van der Waals surface area contributed by atoms with Crippen molar-refractivity contribution in [1.82, 2.24) is 14.5 Å². The number of hydrogen-bond acceptors (Lipinski definition) is 5. The SMILES string of the molecule is CCn1cncc1CN(Cc1ccc(OC)c(OC)c1)C[C@@H]1CCCO1. The summed E-state index contributed by atoms with van der Waals surface area (Å²) in [5.74, 6) is 1.52. The van der Waals surface area contributed by atoms with Crippen molar-refractivity contribution in [2.75, 3.05) is 27.4 Å². The Labute approximate surface area is 155 Å². The minimum atomic E-state index is 0.313. The zero-order valence-corrected chi connectivity index (χ0v) is 16.0. The van der Waals surface area contributed by atoms with E-state index in [1.165, 1.54) is 11.3 Å². The monoisotopic (exact) mass is 359 g/mol. The van der Waals surface area contributed by atoms with Gasteiger partial charge < -0.3 is 18.8 Å². The van der Waals surface area contributed by atoms with Crippen molar-refractivity contribution in [3.63, 3.8) is 0 Å². The number of aryl methyl sites for hydroxylation is 1. The highest BCUT2D eigenvalue weighted by molar-refractivity contribution is 5.42. The van der Waals surface area contributed by atoms with Crippen LogP contribution >= 0.6 is 0 Å². The van der Waals surface area contributed by atoms with Crippen molar-refractivity contribution in [2.45, 2.75) is 45.5 Å². The summed E-state index contributed by atoms with van der Waals surface area (Å²) in [6.07, 6.45) is 6.46. The van der Waals surface area contributed by atoms with E-state index in [-0.39, 0.29) is 0 Å². The number of aromatic nitrogens is 2. The number of hydrogen-bond donors (Lipinski definition) is 0. The molecule has 0 unspecified atom stereocenters. The Balaban J connectivity index is 1.76. The molecule has 6 heteroatoms. The zero-order valence-electron chi connectivity index (χ0n) is 16.0. The summed E-state index contributed by atoms with van der Waals surface area (Å²) in [5.41, 5.74) is 2.43. The van der Waals surface area contributed by atoms with Crippen molar-refractivity contribution in [2.24, 2.45) is 0 Å². The molecule has 1 aromatic heterocycles. The van der Waals surface area contributed by atoms with Crippen LogP contribution in [-0.4, -0.2) is 47.9 Å². The third kappa shape index (κ3) is 4.56. The predicted molar refractivity (Wildman–Crippen MR) is 101 cm³/mol. The fourth-order valence-electron chi connectivity index (χ4n) is 3.49. The second kappa shape index (κ2) is 9.05. The van der Waals surface area contributed by atoms with E-state index in [2.05, 4.69) is 33.5 Å². The average molecular weight is 359 g/mol. The molecule has 1 atom stereocenters. The molecule has 2 aromatic rings. The van der Waals surface area contributed by atoms with Crippen LogP contribution in [0.1, 0.15) is 31.0 Å². The second-order valence-corrected chi connectivity index (χ2v) is 6.66. The lowest BCUT2D eigenvalue weighted by atomic mass is 10.1. The van der Waals surface area contributed by atoms with Crippen molar-refractivity contribution >= 4 is 0 Å². The van der Waals surface area contributed by atoms with Gasteiger partial charge in [-0.25, -0.2) is 4.98 Å². The van der Waals surface area contributed by atoms with E-state index in [0.717, 1.165) is 57.1 Å². The Morgan fingerprint density at radius 1 is 1.23 bits per heavy atom. The van der Waals surface area contributed by atoms with Crippen LogP contribution in [0.4, 0.5) is 0 Å². The van der Waals surface area contributed by atoms with Crippen LogP contribution in [0.3, 0.4) is 0 Å². The van der Waals surface area contributed by atoms with Crippen LogP contribution in [0.15, 0.2) is 30.7 Å². The Morgan fingerprint density at radius 3 is 2.77 bits per heavy atom. The molecule has 1 aromatic carbocycles. The zero-order chi connectivity index (χ0) is 18.4. The smallest absolute Gasteiger partial charge is 0.161 e. The van der Waals surface area contributed by atoms with Gasteiger partial charge in [0.2, 0.25) is 0 Å². The highest BCUT2D eigenvalue weighted by Gasteiger charge is 2.21. The van der Waals surface area contributed by atoms with Crippen molar-refractivity contribution in [3.8, 4) is 11.5 Å². The number of imidazole rings is 1. The van der Waals surface area contributed by atoms with Crippen LogP contribution < -0.4 is 9.47 Å². The van der Waals surface area contributed by atoms with Crippen LogP contribution in [0.5, 0.6) is 11.5 Å². The van der Waals surface area contributed by atoms with E-state index in [9.17, 15) is 0 Å². The molecule has 26 heavy (non-hydrogen) atoms. The van der Waals surface area contributed by atoms with Crippen molar-refractivity contribution in [3.05, 3.63) is 42.0 Å². The Kier molecular flexibility index (Phi) is 6.52. The fourth-order valence-corrected chi connectivity index (χ4v) is 3.49. The molecule has 0 aliphatic carbocycles. The van der Waals surface area contributed by atoms with Gasteiger partial charge in [0.1, 0.15) is 0 Å². The van der Waals surface area contributed by atoms with Gasteiger partial charge in [-0.05, 0) is 37.5 Å². The maximum absolute atomic E-state index is 5.87. The molecule has 1 saturated heterocycles. The first-order valence-electron chi connectivity index (χ1n) is 9.27. The molecule has 1 fully saturated rings. The van der Waals surface area contributed by atoms with Crippen LogP contribution in [-0.2, 0) is 24.4 Å². The summed E-state index contributed by atoms with van der Waals surface area (Å²) >= 11 is 0. The van der Waals surface area contributed by atoms with Crippen molar-refractivity contribution in [1.29, 1.82) is 0 Å². The van der Waals surface area contributed by atoms with E-state index in [1.807, 2.05) is 18.6 Å². The van der Waals surface area contributed by atoms with Gasteiger partial charge in [0.15, 0.2) is 11.5 Å². The van der Waals surface area contributed by atoms with E-state index in [1.54, 1.807) is 14.2 Å². The van der Waals surface area contributed by atoms with Gasteiger partial charge in [0.05, 0.1) is 32.3 Å². The molecule has 3 rings (SSSR count). The molecule has 142 valence electrons. The maximum atomic E-state index is 5.87. The maximum Gasteiger partial charge on any atom is 0.161 e. The Hall–Kier alpha value is -2.05. The predicted octanol–water partition coefficient (Wildman–Crippen LogP) is 3.10. The number of nitrogens with zero attached hydrogens (tertiary/aromatic N) is 3. The number of ether oxygens (including phenoxy) is 3. The second-order valence-electron chi connectivity index (χ2n) is 6.66. The summed E-state index contributed by atoms with van der Waals surface area (Å²) in [5, 5.41) is 0. The molecule has 0 saturated carbocycles. The van der Waals surface area contributed by atoms with Crippen LogP contribution in [0, 0.1) is 0 Å². The molecule has 2 heterocycles. The first kappa shape index (κ1) is 18.7. The van der Waals surface area contributed by atoms with Gasteiger partial charge in [-0.15, -0.1) is 0 Å². The Bertz CT molecular complexity index is 695. The normalized spacial score (nSPS) is 17.0. The fraction of sp³-hybridized carbons (Fsp3) is 0.550. The standard InChI is InChI=1S/C20H29N3O3/c1-4-23-15-21-11-17(23)13-22(14-18-6-5-9-26-18)12-16-7-8-19(24-2)20(10-16)25-3/h7-8,10-11,15,18H,4-6,9,12-14H2,1-3H3/t18-/m0/s1. The lowest BCUT2D eigenvalue weighted by Crippen LogP contribution is -2.32. The quantitative estimate of drug-likeness (QED) is 0.689. The lowest BCUT2D eigenvalue weighted by Gasteiger charge is -2.26. The van der Waals surface area contributed by atoms with Gasteiger partial charge >= 0.3 is 0 Å². The molecule has 0 amide bonds. The molecule has 0 spiro atoms. The van der Waals surface area contributed by atoms with E-state index in [0.29, 0.717) is 6.10 Å². The highest BCUT2D eigenvalue weighted by atomic mass is 16.5. The first-order valence-corrected chi connectivity index (χ1v) is 9.27. The largest absolute Gasteiger partial charge is 0.493 e. The van der Waals surface area contributed by atoms with E-state index < -0.39 is 0 Å². The first-order chi connectivity index (χ1) is 12.7. The van der Waals surface area contributed by atoms with Gasteiger partial charge in [-0.3, -0.25) is 4.90 Å². The summed E-state index contributed by atoms with van der Waals surface area (Å²) in [6.45, 7) is 6.55. The average Bonchev–Trinajstić information content (AvgIpc) is 3.33. The summed E-state index contributed by atoms with van der Waals surface area (Å²) < 4.78 is 18.9. The molecular weight excluding hydrogens is 330 g/mol. The number of rotatable bonds is 9. The lowest BCUT2D eigenvalue weighted by molar-refractivity contribution is 0.0670. The number of benzene rings is 1. The minimum Gasteiger partial charge on any atom is -0.493 e. The Morgan fingerprint density at radius 2 is 2.08 bits per heavy atom.